The lowest BCUT2D eigenvalue weighted by molar-refractivity contribution is -0.0510. The van der Waals surface area contributed by atoms with Gasteiger partial charge in [-0.2, -0.15) is 8.78 Å². The largest absolute Gasteiger partial charge is 0.495 e. The zero-order valence-electron chi connectivity index (χ0n) is 13.5. The summed E-state index contributed by atoms with van der Waals surface area (Å²) in [5.41, 5.74) is 0.128. The second-order valence-corrected chi connectivity index (χ2v) is 6.50. The molecule has 0 aliphatic carbocycles. The zero-order chi connectivity index (χ0) is 19.3. The van der Waals surface area contributed by atoms with Gasteiger partial charge in [-0.3, -0.25) is 0 Å². The smallest absolute Gasteiger partial charge is 0.387 e. The number of esters is 1. The third kappa shape index (κ3) is 4.90. The van der Waals surface area contributed by atoms with E-state index in [1.54, 1.807) is 6.07 Å². The van der Waals surface area contributed by atoms with E-state index in [4.69, 9.17) is 14.6 Å². The Morgan fingerprint density at radius 3 is 2.46 bits per heavy atom. The molecule has 0 amide bonds. The van der Waals surface area contributed by atoms with Crippen molar-refractivity contribution in [1.29, 1.82) is 0 Å². The van der Waals surface area contributed by atoms with E-state index in [-0.39, 0.29) is 34.1 Å². The van der Waals surface area contributed by atoms with Gasteiger partial charge in [-0.15, -0.1) is 0 Å². The Labute approximate surface area is 148 Å². The Balaban J connectivity index is 2.19. The molecule has 0 spiro atoms. The summed E-state index contributed by atoms with van der Waals surface area (Å²) in [5, 5.41) is 5.09. The van der Waals surface area contributed by atoms with Crippen LogP contribution in [0.4, 0.5) is 8.78 Å². The standard InChI is InChI=1S/C16H15F2NO6S/c1-23-13-7-6-10(8-14(13)26(19,21)22)15(20)24-9-11-4-2-3-5-12(11)25-16(17)18/h2-8,16H,9H2,1H3,(H2,19,21,22). The van der Waals surface area contributed by atoms with E-state index in [2.05, 4.69) is 4.74 Å². The number of nitrogens with two attached hydrogens (primary N) is 1. The number of rotatable bonds is 7. The first kappa shape index (κ1) is 19.6. The van der Waals surface area contributed by atoms with Gasteiger partial charge in [0, 0.05) is 5.56 Å². The second kappa shape index (κ2) is 8.11. The van der Waals surface area contributed by atoms with Crippen LogP contribution in [-0.4, -0.2) is 28.1 Å². The molecule has 2 rings (SSSR count). The van der Waals surface area contributed by atoms with Crippen LogP contribution >= 0.6 is 0 Å². The predicted molar refractivity (Wildman–Crippen MR) is 86.6 cm³/mol. The second-order valence-electron chi connectivity index (χ2n) is 4.97. The van der Waals surface area contributed by atoms with Crippen LogP contribution < -0.4 is 14.6 Å². The molecule has 26 heavy (non-hydrogen) atoms. The molecular formula is C16H15F2NO6S. The molecule has 10 heteroatoms. The molecule has 2 N–H and O–H groups in total. The summed E-state index contributed by atoms with van der Waals surface area (Å²) in [6, 6.07) is 9.37. The summed E-state index contributed by atoms with van der Waals surface area (Å²) in [6.45, 7) is -3.37. The van der Waals surface area contributed by atoms with Crippen LogP contribution in [0.15, 0.2) is 47.4 Å². The van der Waals surface area contributed by atoms with Crippen molar-refractivity contribution in [2.75, 3.05) is 7.11 Å². The fourth-order valence-corrected chi connectivity index (χ4v) is 2.81. The minimum Gasteiger partial charge on any atom is -0.495 e. The number of benzene rings is 2. The quantitative estimate of drug-likeness (QED) is 0.731. The van der Waals surface area contributed by atoms with Crippen molar-refractivity contribution in [3.8, 4) is 11.5 Å². The number of ether oxygens (including phenoxy) is 3. The maximum absolute atomic E-state index is 12.4. The first-order chi connectivity index (χ1) is 12.2. The van der Waals surface area contributed by atoms with Gasteiger partial charge in [-0.25, -0.2) is 18.4 Å². The molecule has 0 aliphatic heterocycles. The highest BCUT2D eigenvalue weighted by atomic mass is 32.2. The first-order valence-electron chi connectivity index (χ1n) is 7.13. The van der Waals surface area contributed by atoms with Gasteiger partial charge in [0.15, 0.2) is 0 Å². The molecule has 2 aromatic carbocycles. The average Bonchev–Trinajstić information content (AvgIpc) is 2.59. The number of alkyl halides is 2. The molecule has 0 aromatic heterocycles. The molecule has 0 heterocycles. The molecule has 0 unspecified atom stereocenters. The highest BCUT2D eigenvalue weighted by Gasteiger charge is 2.19. The van der Waals surface area contributed by atoms with E-state index >= 15 is 0 Å². The summed E-state index contributed by atoms with van der Waals surface area (Å²) < 4.78 is 62.2. The Kier molecular flexibility index (Phi) is 6.11. The molecular weight excluding hydrogens is 372 g/mol. The molecule has 0 bridgehead atoms. The van der Waals surface area contributed by atoms with Crippen LogP contribution in [0.25, 0.3) is 0 Å². The van der Waals surface area contributed by atoms with Crippen LogP contribution in [0.1, 0.15) is 15.9 Å². The molecule has 0 aliphatic rings. The Hall–Kier alpha value is -2.72. The minimum absolute atomic E-state index is 0.0280. The third-order valence-electron chi connectivity index (χ3n) is 3.25. The van der Waals surface area contributed by atoms with Crippen molar-refractivity contribution in [2.45, 2.75) is 18.1 Å². The van der Waals surface area contributed by atoms with Crippen molar-refractivity contribution in [1.82, 2.24) is 0 Å². The van der Waals surface area contributed by atoms with Crippen molar-refractivity contribution in [3.05, 3.63) is 53.6 Å². The van der Waals surface area contributed by atoms with Gasteiger partial charge in [0.1, 0.15) is 23.0 Å². The fraction of sp³-hybridized carbons (Fsp3) is 0.188. The fourth-order valence-electron chi connectivity index (χ4n) is 2.09. The van der Waals surface area contributed by atoms with E-state index in [9.17, 15) is 22.0 Å². The lowest BCUT2D eigenvalue weighted by atomic mass is 10.2. The highest BCUT2D eigenvalue weighted by molar-refractivity contribution is 7.89. The van der Waals surface area contributed by atoms with Gasteiger partial charge < -0.3 is 14.2 Å². The Bertz CT molecular complexity index is 901. The number of primary sulfonamides is 1. The Morgan fingerprint density at radius 2 is 1.85 bits per heavy atom. The topological polar surface area (TPSA) is 105 Å². The van der Waals surface area contributed by atoms with Crippen molar-refractivity contribution >= 4 is 16.0 Å². The number of sulfonamides is 1. The summed E-state index contributed by atoms with van der Waals surface area (Å²) >= 11 is 0. The van der Waals surface area contributed by atoms with Gasteiger partial charge in [0.25, 0.3) is 0 Å². The van der Waals surface area contributed by atoms with Gasteiger partial charge in [-0.05, 0) is 24.3 Å². The molecule has 2 aromatic rings. The number of hydrogen-bond acceptors (Lipinski definition) is 6. The monoisotopic (exact) mass is 387 g/mol. The number of carbonyl (C=O) groups excluding carboxylic acids is 1. The molecule has 7 nitrogen and oxygen atoms in total. The highest BCUT2D eigenvalue weighted by Crippen LogP contribution is 2.25. The minimum atomic E-state index is -4.13. The van der Waals surface area contributed by atoms with Gasteiger partial charge in [0.05, 0.1) is 12.7 Å². The average molecular weight is 387 g/mol. The zero-order valence-corrected chi connectivity index (χ0v) is 14.3. The van der Waals surface area contributed by atoms with Crippen LogP contribution in [0.5, 0.6) is 11.5 Å². The molecule has 140 valence electrons. The lowest BCUT2D eigenvalue weighted by Crippen LogP contribution is -2.15. The number of hydrogen-bond donors (Lipinski definition) is 1. The van der Waals surface area contributed by atoms with Crippen LogP contribution in [0.2, 0.25) is 0 Å². The lowest BCUT2D eigenvalue weighted by Gasteiger charge is -2.12. The van der Waals surface area contributed by atoms with Crippen molar-refractivity contribution in [3.63, 3.8) is 0 Å². The van der Waals surface area contributed by atoms with Crippen LogP contribution in [0.3, 0.4) is 0 Å². The number of carbonyl (C=O) groups is 1. The maximum Gasteiger partial charge on any atom is 0.387 e. The first-order valence-corrected chi connectivity index (χ1v) is 8.67. The van der Waals surface area contributed by atoms with E-state index in [0.717, 1.165) is 6.07 Å². The summed E-state index contributed by atoms with van der Waals surface area (Å²) in [5.74, 6) is -1.03. The predicted octanol–water partition coefficient (Wildman–Crippen LogP) is 2.30. The summed E-state index contributed by atoms with van der Waals surface area (Å²) in [4.78, 5) is 11.8. The van der Waals surface area contributed by atoms with Gasteiger partial charge in [0.2, 0.25) is 10.0 Å². The molecule has 0 fully saturated rings. The van der Waals surface area contributed by atoms with Crippen LogP contribution in [0, 0.1) is 0 Å². The summed E-state index contributed by atoms with van der Waals surface area (Å²) in [7, 11) is -2.87. The number of para-hydroxylation sites is 1. The van der Waals surface area contributed by atoms with E-state index in [1.807, 2.05) is 0 Å². The summed E-state index contributed by atoms with van der Waals surface area (Å²) in [6.07, 6.45) is 0. The number of halogens is 2. The third-order valence-corrected chi connectivity index (χ3v) is 4.19. The van der Waals surface area contributed by atoms with E-state index < -0.39 is 22.6 Å². The molecule has 0 atom stereocenters. The van der Waals surface area contributed by atoms with Crippen molar-refractivity contribution < 1.29 is 36.2 Å². The van der Waals surface area contributed by atoms with Crippen molar-refractivity contribution in [2.24, 2.45) is 5.14 Å². The SMILES string of the molecule is COc1ccc(C(=O)OCc2ccccc2OC(F)F)cc1S(N)(=O)=O. The number of methoxy groups -OCH3 is 1. The Morgan fingerprint density at radius 1 is 1.15 bits per heavy atom. The van der Waals surface area contributed by atoms with Gasteiger partial charge in [-0.1, -0.05) is 18.2 Å². The maximum atomic E-state index is 12.4. The van der Waals surface area contributed by atoms with Gasteiger partial charge >= 0.3 is 12.6 Å². The molecule has 0 saturated heterocycles. The molecule has 0 radical (unpaired) electrons. The normalized spacial score (nSPS) is 11.3. The van der Waals surface area contributed by atoms with E-state index in [0.29, 0.717) is 0 Å². The van der Waals surface area contributed by atoms with Crippen LogP contribution in [-0.2, 0) is 21.4 Å². The molecule has 0 saturated carbocycles. The van der Waals surface area contributed by atoms with E-state index in [1.165, 1.54) is 37.4 Å².